The summed E-state index contributed by atoms with van der Waals surface area (Å²) >= 11 is 4.99. The number of hydrogen-bond donors (Lipinski definition) is 1. The van der Waals surface area contributed by atoms with Gasteiger partial charge >= 0.3 is 5.97 Å². The lowest BCUT2D eigenvalue weighted by Gasteiger charge is -2.10. The maximum absolute atomic E-state index is 11.1. The normalized spacial score (nSPS) is 10.3. The summed E-state index contributed by atoms with van der Waals surface area (Å²) in [4.78, 5) is 12.3. The van der Waals surface area contributed by atoms with Crippen LogP contribution in [0.3, 0.4) is 0 Å². The smallest absolute Gasteiger partial charge is 0.339 e. The van der Waals surface area contributed by atoms with Crippen molar-refractivity contribution < 1.29 is 14.6 Å². The van der Waals surface area contributed by atoms with E-state index in [9.17, 15) is 4.79 Å². The fourth-order valence-electron chi connectivity index (χ4n) is 1.68. The average molecular weight is 353 g/mol. The molecule has 2 rings (SSSR count). The van der Waals surface area contributed by atoms with E-state index < -0.39 is 5.97 Å². The third kappa shape index (κ3) is 3.77. The first-order chi connectivity index (χ1) is 9.60. The van der Waals surface area contributed by atoms with Crippen molar-refractivity contribution in [3.05, 3.63) is 58.1 Å². The van der Waals surface area contributed by atoms with Crippen LogP contribution in [0.5, 0.6) is 5.75 Å². The summed E-state index contributed by atoms with van der Waals surface area (Å²) in [5, 5.41) is 9.12. The Morgan fingerprint density at radius 1 is 1.25 bits per heavy atom. The Hall–Kier alpha value is -1.46. The van der Waals surface area contributed by atoms with Crippen LogP contribution in [0.2, 0.25) is 0 Å². The molecule has 3 nitrogen and oxygen atoms in total. The molecule has 0 aliphatic heterocycles. The second-order valence-corrected chi connectivity index (χ2v) is 5.88. The highest BCUT2D eigenvalue weighted by Gasteiger charge is 2.11. The Morgan fingerprint density at radius 3 is 2.55 bits per heavy atom. The zero-order valence-electron chi connectivity index (χ0n) is 10.8. The van der Waals surface area contributed by atoms with E-state index in [1.807, 2.05) is 30.5 Å². The van der Waals surface area contributed by atoms with Crippen molar-refractivity contribution in [2.45, 2.75) is 11.5 Å². The Labute approximate surface area is 130 Å². The van der Waals surface area contributed by atoms with Gasteiger partial charge in [0.1, 0.15) is 17.9 Å². The number of aromatic carboxylic acids is 1. The highest BCUT2D eigenvalue weighted by atomic mass is 79.9. The zero-order valence-corrected chi connectivity index (χ0v) is 13.2. The highest BCUT2D eigenvalue weighted by Crippen LogP contribution is 2.25. The molecule has 0 atom stereocenters. The molecule has 0 heterocycles. The number of benzene rings is 2. The van der Waals surface area contributed by atoms with Crippen LogP contribution >= 0.6 is 27.7 Å². The van der Waals surface area contributed by atoms with Crippen molar-refractivity contribution >= 4 is 33.7 Å². The molecule has 0 aliphatic rings. The van der Waals surface area contributed by atoms with Crippen molar-refractivity contribution in [3.8, 4) is 5.75 Å². The molecule has 2 aromatic rings. The maximum atomic E-state index is 11.1. The van der Waals surface area contributed by atoms with Gasteiger partial charge < -0.3 is 9.84 Å². The standard InChI is InChI=1S/C15H13BrO3S/c1-20-12-5-2-10(3-6-12)9-19-14-8-11(16)4-7-13(14)15(17)18/h2-8H,9H2,1H3,(H,17,18). The van der Waals surface area contributed by atoms with Gasteiger partial charge in [0.2, 0.25) is 0 Å². The summed E-state index contributed by atoms with van der Waals surface area (Å²) in [5.41, 5.74) is 1.16. The molecule has 0 saturated heterocycles. The third-order valence-electron chi connectivity index (χ3n) is 2.73. The van der Waals surface area contributed by atoms with E-state index >= 15 is 0 Å². The molecule has 0 fully saturated rings. The van der Waals surface area contributed by atoms with Gasteiger partial charge in [0.05, 0.1) is 0 Å². The first-order valence-corrected chi connectivity index (χ1v) is 7.90. The molecular weight excluding hydrogens is 340 g/mol. The molecule has 0 radical (unpaired) electrons. The van der Waals surface area contributed by atoms with Gasteiger partial charge in [0.15, 0.2) is 0 Å². The van der Waals surface area contributed by atoms with Crippen LogP contribution in [0.15, 0.2) is 51.8 Å². The van der Waals surface area contributed by atoms with Gasteiger partial charge in [-0.15, -0.1) is 11.8 Å². The predicted octanol–water partition coefficient (Wildman–Crippen LogP) is 4.45. The summed E-state index contributed by atoms with van der Waals surface area (Å²) in [5.74, 6) is -0.633. The molecule has 0 amide bonds. The summed E-state index contributed by atoms with van der Waals surface area (Å²) in [6.45, 7) is 0.339. The van der Waals surface area contributed by atoms with E-state index in [1.165, 1.54) is 11.0 Å². The lowest BCUT2D eigenvalue weighted by Crippen LogP contribution is -2.03. The monoisotopic (exact) mass is 352 g/mol. The second kappa shape index (κ2) is 6.81. The molecule has 0 bridgehead atoms. The van der Waals surface area contributed by atoms with Gasteiger partial charge in [-0.3, -0.25) is 0 Å². The Kier molecular flexibility index (Phi) is 5.09. The van der Waals surface area contributed by atoms with Crippen molar-refractivity contribution in [3.63, 3.8) is 0 Å². The van der Waals surface area contributed by atoms with Gasteiger partial charge in [0, 0.05) is 9.37 Å². The number of thioether (sulfide) groups is 1. The van der Waals surface area contributed by atoms with E-state index in [0.29, 0.717) is 12.4 Å². The number of hydrogen-bond acceptors (Lipinski definition) is 3. The van der Waals surface area contributed by atoms with Gasteiger partial charge in [-0.2, -0.15) is 0 Å². The van der Waals surface area contributed by atoms with Crippen LogP contribution in [0, 0.1) is 0 Å². The van der Waals surface area contributed by atoms with E-state index in [0.717, 1.165) is 10.0 Å². The van der Waals surface area contributed by atoms with Crippen molar-refractivity contribution in [1.82, 2.24) is 0 Å². The predicted molar refractivity (Wildman–Crippen MR) is 83.7 cm³/mol. The number of halogens is 1. The molecule has 0 saturated carbocycles. The van der Waals surface area contributed by atoms with E-state index in [4.69, 9.17) is 9.84 Å². The first kappa shape index (κ1) is 14.9. The van der Waals surface area contributed by atoms with Gasteiger partial charge in [-0.1, -0.05) is 28.1 Å². The number of carboxylic acid groups (broad SMARTS) is 1. The molecule has 2 aromatic carbocycles. The molecule has 0 unspecified atom stereocenters. The molecule has 20 heavy (non-hydrogen) atoms. The largest absolute Gasteiger partial charge is 0.488 e. The first-order valence-electron chi connectivity index (χ1n) is 5.88. The molecule has 1 N–H and O–H groups in total. The van der Waals surface area contributed by atoms with Crippen LogP contribution < -0.4 is 4.74 Å². The fraction of sp³-hybridized carbons (Fsp3) is 0.133. The highest BCUT2D eigenvalue weighted by molar-refractivity contribution is 9.10. The minimum absolute atomic E-state index is 0.161. The summed E-state index contributed by atoms with van der Waals surface area (Å²) in [7, 11) is 0. The Bertz CT molecular complexity index is 611. The van der Waals surface area contributed by atoms with Crippen LogP contribution in [0.25, 0.3) is 0 Å². The molecule has 0 aliphatic carbocycles. The van der Waals surface area contributed by atoms with Crippen molar-refractivity contribution in [1.29, 1.82) is 0 Å². The van der Waals surface area contributed by atoms with Gasteiger partial charge in [-0.25, -0.2) is 4.79 Å². The SMILES string of the molecule is CSc1ccc(COc2cc(Br)ccc2C(=O)O)cc1. The molecule has 0 aromatic heterocycles. The minimum Gasteiger partial charge on any atom is -0.488 e. The topological polar surface area (TPSA) is 46.5 Å². The van der Waals surface area contributed by atoms with Crippen LogP contribution in [-0.2, 0) is 6.61 Å². The number of carbonyl (C=O) groups is 1. The molecular formula is C15H13BrO3S. The third-order valence-corrected chi connectivity index (χ3v) is 3.96. The number of ether oxygens (including phenoxy) is 1. The zero-order chi connectivity index (χ0) is 14.5. The lowest BCUT2D eigenvalue weighted by atomic mass is 10.2. The lowest BCUT2D eigenvalue weighted by molar-refractivity contribution is 0.0691. The average Bonchev–Trinajstić information content (AvgIpc) is 2.45. The van der Waals surface area contributed by atoms with Crippen molar-refractivity contribution in [2.24, 2.45) is 0 Å². The second-order valence-electron chi connectivity index (χ2n) is 4.08. The molecule has 104 valence electrons. The minimum atomic E-state index is -0.995. The van der Waals surface area contributed by atoms with Crippen molar-refractivity contribution in [2.75, 3.05) is 6.26 Å². The maximum Gasteiger partial charge on any atom is 0.339 e. The van der Waals surface area contributed by atoms with Crippen LogP contribution in [0.1, 0.15) is 15.9 Å². The van der Waals surface area contributed by atoms with Gasteiger partial charge in [0.25, 0.3) is 0 Å². The number of rotatable bonds is 5. The quantitative estimate of drug-likeness (QED) is 0.807. The summed E-state index contributed by atoms with van der Waals surface area (Å²) in [6.07, 6.45) is 2.02. The Morgan fingerprint density at radius 2 is 1.95 bits per heavy atom. The van der Waals surface area contributed by atoms with Crippen LogP contribution in [-0.4, -0.2) is 17.3 Å². The summed E-state index contributed by atoms with van der Waals surface area (Å²) < 4.78 is 6.41. The van der Waals surface area contributed by atoms with E-state index in [-0.39, 0.29) is 5.56 Å². The van der Waals surface area contributed by atoms with Gasteiger partial charge in [-0.05, 0) is 42.2 Å². The fourth-order valence-corrected chi connectivity index (χ4v) is 2.42. The Balaban J connectivity index is 2.13. The van der Waals surface area contributed by atoms with Crippen LogP contribution in [0.4, 0.5) is 0 Å². The molecule has 0 spiro atoms. The van der Waals surface area contributed by atoms with E-state index in [1.54, 1.807) is 23.9 Å². The number of carboxylic acids is 1. The van der Waals surface area contributed by atoms with E-state index in [2.05, 4.69) is 15.9 Å². The summed E-state index contributed by atoms with van der Waals surface area (Å²) in [6, 6.07) is 12.9. The molecule has 5 heteroatoms.